The molecule has 0 amide bonds. The standard InChI is InChI=1S/C13H14ClNO4S2/c1-18-10-3-4-11(19-2)9(7-10)8-15-21(16,17)13-6-5-12(14)20-13/h3-7,15H,8H2,1-2H3. The number of nitrogens with one attached hydrogen (secondary N) is 1. The molecule has 0 aliphatic heterocycles. The zero-order valence-electron chi connectivity index (χ0n) is 11.4. The van der Waals surface area contributed by atoms with Gasteiger partial charge in [-0.25, -0.2) is 13.1 Å². The van der Waals surface area contributed by atoms with Crippen molar-refractivity contribution in [2.75, 3.05) is 14.2 Å². The fraction of sp³-hybridized carbons (Fsp3) is 0.231. The van der Waals surface area contributed by atoms with Gasteiger partial charge < -0.3 is 9.47 Å². The molecule has 8 heteroatoms. The summed E-state index contributed by atoms with van der Waals surface area (Å²) in [6, 6.07) is 8.22. The number of rotatable bonds is 6. The lowest BCUT2D eigenvalue weighted by molar-refractivity contribution is 0.398. The first-order valence-corrected chi connectivity index (χ1v) is 8.60. The van der Waals surface area contributed by atoms with Crippen molar-refractivity contribution in [2.24, 2.45) is 0 Å². The van der Waals surface area contributed by atoms with Gasteiger partial charge in [0.2, 0.25) is 10.0 Å². The Morgan fingerprint density at radius 2 is 1.95 bits per heavy atom. The zero-order valence-corrected chi connectivity index (χ0v) is 13.8. The largest absolute Gasteiger partial charge is 0.497 e. The van der Waals surface area contributed by atoms with Crippen molar-refractivity contribution in [1.82, 2.24) is 4.72 Å². The summed E-state index contributed by atoms with van der Waals surface area (Å²) in [4.78, 5) is 0. The molecule has 0 aliphatic carbocycles. The lowest BCUT2D eigenvalue weighted by Gasteiger charge is -2.11. The normalized spacial score (nSPS) is 11.4. The second kappa shape index (κ2) is 6.65. The van der Waals surface area contributed by atoms with Crippen LogP contribution < -0.4 is 14.2 Å². The minimum Gasteiger partial charge on any atom is -0.497 e. The Balaban J connectivity index is 2.19. The summed E-state index contributed by atoms with van der Waals surface area (Å²) in [5.41, 5.74) is 0.683. The summed E-state index contributed by atoms with van der Waals surface area (Å²) in [7, 11) is -0.523. The summed E-state index contributed by atoms with van der Waals surface area (Å²) in [6.45, 7) is 0.0955. The minimum absolute atomic E-state index is 0.0955. The number of thiophene rings is 1. The predicted molar refractivity (Wildman–Crippen MR) is 82.9 cm³/mol. The van der Waals surface area contributed by atoms with Crippen LogP contribution in [0.1, 0.15) is 5.56 Å². The van der Waals surface area contributed by atoms with E-state index in [1.165, 1.54) is 13.2 Å². The summed E-state index contributed by atoms with van der Waals surface area (Å²) < 4.78 is 37.7. The molecule has 2 rings (SSSR count). The molecule has 5 nitrogen and oxygen atoms in total. The second-order valence-corrected chi connectivity index (χ2v) is 7.77. The Morgan fingerprint density at radius 1 is 1.19 bits per heavy atom. The van der Waals surface area contributed by atoms with Crippen molar-refractivity contribution in [3.8, 4) is 11.5 Å². The molecule has 2 aromatic rings. The van der Waals surface area contributed by atoms with Crippen molar-refractivity contribution < 1.29 is 17.9 Å². The highest BCUT2D eigenvalue weighted by atomic mass is 35.5. The van der Waals surface area contributed by atoms with E-state index in [1.807, 2.05) is 0 Å². The van der Waals surface area contributed by atoms with Crippen LogP contribution in [-0.2, 0) is 16.6 Å². The number of ether oxygens (including phenoxy) is 2. The van der Waals surface area contributed by atoms with Crippen LogP contribution in [0.5, 0.6) is 11.5 Å². The lowest BCUT2D eigenvalue weighted by atomic mass is 10.2. The minimum atomic E-state index is -3.59. The molecular formula is C13H14ClNO4S2. The third-order valence-electron chi connectivity index (χ3n) is 2.75. The van der Waals surface area contributed by atoms with Crippen LogP contribution in [0, 0.1) is 0 Å². The fourth-order valence-corrected chi connectivity index (χ4v) is 4.24. The van der Waals surface area contributed by atoms with Crippen molar-refractivity contribution in [3.05, 3.63) is 40.2 Å². The summed E-state index contributed by atoms with van der Waals surface area (Å²) in [6.07, 6.45) is 0. The summed E-state index contributed by atoms with van der Waals surface area (Å²) in [5, 5.41) is 0. The molecule has 1 heterocycles. The first kappa shape index (κ1) is 16.1. The van der Waals surface area contributed by atoms with Gasteiger partial charge in [0.25, 0.3) is 0 Å². The third kappa shape index (κ3) is 3.88. The Morgan fingerprint density at radius 3 is 2.52 bits per heavy atom. The van der Waals surface area contributed by atoms with Crippen LogP contribution in [0.25, 0.3) is 0 Å². The average molecular weight is 348 g/mol. The maximum atomic E-state index is 12.1. The number of hydrogen-bond acceptors (Lipinski definition) is 5. The molecule has 114 valence electrons. The van der Waals surface area contributed by atoms with Gasteiger partial charge in [0.15, 0.2) is 0 Å². The first-order chi connectivity index (χ1) is 9.96. The monoisotopic (exact) mass is 347 g/mol. The molecule has 0 unspecified atom stereocenters. The highest BCUT2D eigenvalue weighted by Gasteiger charge is 2.17. The van der Waals surface area contributed by atoms with Crippen LogP contribution in [-0.4, -0.2) is 22.6 Å². The highest BCUT2D eigenvalue weighted by Crippen LogP contribution is 2.27. The van der Waals surface area contributed by atoms with E-state index < -0.39 is 10.0 Å². The number of hydrogen-bond donors (Lipinski definition) is 1. The number of sulfonamides is 1. The number of halogens is 1. The van der Waals surface area contributed by atoms with Crippen molar-refractivity contribution in [2.45, 2.75) is 10.8 Å². The van der Waals surface area contributed by atoms with Crippen LogP contribution in [0.4, 0.5) is 0 Å². The van der Waals surface area contributed by atoms with Crippen LogP contribution in [0.15, 0.2) is 34.5 Å². The van der Waals surface area contributed by atoms with Crippen LogP contribution >= 0.6 is 22.9 Å². The van der Waals surface area contributed by atoms with Gasteiger partial charge >= 0.3 is 0 Å². The third-order valence-corrected chi connectivity index (χ3v) is 5.88. The number of methoxy groups -OCH3 is 2. The summed E-state index contributed by atoms with van der Waals surface area (Å²) >= 11 is 6.77. The molecule has 0 fully saturated rings. The average Bonchev–Trinajstić information content (AvgIpc) is 2.92. The molecule has 0 saturated heterocycles. The molecule has 0 atom stereocenters. The van der Waals surface area contributed by atoms with Gasteiger partial charge in [0.05, 0.1) is 18.6 Å². The second-order valence-electron chi connectivity index (χ2n) is 4.06. The zero-order chi connectivity index (χ0) is 15.5. The van der Waals surface area contributed by atoms with Crippen molar-refractivity contribution in [1.29, 1.82) is 0 Å². The molecule has 21 heavy (non-hydrogen) atoms. The van der Waals surface area contributed by atoms with Crippen LogP contribution in [0.3, 0.4) is 0 Å². The fourth-order valence-electron chi connectivity index (χ4n) is 1.71. The Bertz CT molecular complexity index is 728. The van der Waals surface area contributed by atoms with Gasteiger partial charge in [-0.1, -0.05) is 11.6 Å². The van der Waals surface area contributed by atoms with E-state index in [0.29, 0.717) is 21.4 Å². The Hall–Kier alpha value is -1.28. The van der Waals surface area contributed by atoms with Gasteiger partial charge in [-0.3, -0.25) is 0 Å². The molecule has 0 spiro atoms. The molecule has 0 bridgehead atoms. The quantitative estimate of drug-likeness (QED) is 0.872. The molecular weight excluding hydrogens is 334 g/mol. The van der Waals surface area contributed by atoms with E-state index in [9.17, 15) is 8.42 Å². The molecule has 0 saturated carbocycles. The molecule has 0 aliphatic rings. The van der Waals surface area contributed by atoms with Gasteiger partial charge in [0.1, 0.15) is 15.7 Å². The summed E-state index contributed by atoms with van der Waals surface area (Å²) in [5.74, 6) is 1.21. The van der Waals surface area contributed by atoms with E-state index in [0.717, 1.165) is 11.3 Å². The predicted octanol–water partition coefficient (Wildman–Crippen LogP) is 2.90. The maximum absolute atomic E-state index is 12.1. The topological polar surface area (TPSA) is 64.6 Å². The molecule has 1 N–H and O–H groups in total. The van der Waals surface area contributed by atoms with Crippen molar-refractivity contribution >= 4 is 33.0 Å². The molecule has 1 aromatic heterocycles. The SMILES string of the molecule is COc1ccc(OC)c(CNS(=O)(=O)c2ccc(Cl)s2)c1. The van der Waals surface area contributed by atoms with E-state index >= 15 is 0 Å². The van der Waals surface area contributed by atoms with Gasteiger partial charge in [-0.2, -0.15) is 0 Å². The number of benzene rings is 1. The smallest absolute Gasteiger partial charge is 0.250 e. The first-order valence-electron chi connectivity index (χ1n) is 5.92. The maximum Gasteiger partial charge on any atom is 0.250 e. The van der Waals surface area contributed by atoms with Crippen LogP contribution in [0.2, 0.25) is 4.34 Å². The van der Waals surface area contributed by atoms with E-state index in [2.05, 4.69) is 4.72 Å². The van der Waals surface area contributed by atoms with Gasteiger partial charge in [-0.05, 0) is 30.3 Å². The molecule has 1 aromatic carbocycles. The van der Waals surface area contributed by atoms with E-state index in [4.69, 9.17) is 21.1 Å². The lowest BCUT2D eigenvalue weighted by Crippen LogP contribution is -2.22. The Kier molecular flexibility index (Phi) is 5.10. The van der Waals surface area contributed by atoms with E-state index in [1.54, 1.807) is 31.4 Å². The Labute approximate surface area is 132 Å². The van der Waals surface area contributed by atoms with Gasteiger partial charge in [0, 0.05) is 12.1 Å². The molecule has 0 radical (unpaired) electrons. The van der Waals surface area contributed by atoms with E-state index in [-0.39, 0.29) is 10.8 Å². The highest BCUT2D eigenvalue weighted by molar-refractivity contribution is 7.91. The van der Waals surface area contributed by atoms with Gasteiger partial charge in [-0.15, -0.1) is 11.3 Å². The van der Waals surface area contributed by atoms with Crippen molar-refractivity contribution in [3.63, 3.8) is 0 Å².